The van der Waals surface area contributed by atoms with Gasteiger partial charge in [-0.2, -0.15) is 0 Å². The molecule has 0 aliphatic rings. The van der Waals surface area contributed by atoms with Crippen LogP contribution in [0.5, 0.6) is 0 Å². The molecule has 1 nitrogen and oxygen atoms in total. The summed E-state index contributed by atoms with van der Waals surface area (Å²) in [5.41, 5.74) is 0. The van der Waals surface area contributed by atoms with E-state index < -0.39 is 0 Å². The quantitative estimate of drug-likeness (QED) is 0.287. The Balaban J connectivity index is 0. The van der Waals surface area contributed by atoms with Crippen LogP contribution >= 0.6 is 46.4 Å². The van der Waals surface area contributed by atoms with Gasteiger partial charge in [-0.1, -0.05) is 99.8 Å². The molecule has 0 aliphatic carbocycles. The fraction of sp³-hybridized carbons (Fsp3) is 0.889. The smallest absolute Gasteiger partial charge is 0.136 e. The molecule has 0 saturated carbocycles. The first-order valence-corrected chi connectivity index (χ1v) is 10.6. The number of hydrogen-bond donors (Lipinski definition) is 0. The number of nitrogens with zero attached hydrogens (tertiary/aromatic N) is 1. The van der Waals surface area contributed by atoms with E-state index in [0.717, 1.165) is 0 Å². The molecule has 140 valence electrons. The van der Waals surface area contributed by atoms with Crippen molar-refractivity contribution in [3.63, 3.8) is 0 Å². The van der Waals surface area contributed by atoms with Gasteiger partial charge >= 0.3 is 0 Å². The minimum atomic E-state index is -0.0988. The minimum absolute atomic E-state index is 0.0988. The average Bonchev–Trinajstić information content (AvgIpc) is 2.54. The molecule has 0 atom stereocenters. The first-order chi connectivity index (χ1) is 10.9. The molecule has 0 aromatic rings. The lowest BCUT2D eigenvalue weighted by Crippen LogP contribution is -2.50. The highest BCUT2D eigenvalue weighted by atomic mass is 35.5. The third kappa shape index (κ3) is 16.1. The molecule has 0 spiro atoms. The van der Waals surface area contributed by atoms with Crippen LogP contribution in [0.3, 0.4) is 0 Å². The van der Waals surface area contributed by atoms with Crippen molar-refractivity contribution in [3.8, 4) is 0 Å². The molecule has 0 aromatic carbocycles. The summed E-state index contributed by atoms with van der Waals surface area (Å²) < 4.78 is 1.22. The highest BCUT2D eigenvalue weighted by Gasteiger charge is 2.24. The zero-order chi connectivity index (χ0) is 18.1. The van der Waals surface area contributed by atoms with Crippen LogP contribution in [0.25, 0.3) is 0 Å². The van der Waals surface area contributed by atoms with E-state index in [2.05, 4.69) is 27.7 Å². The standard InChI is InChI=1S/C16H36N.C2Cl4/c1-5-9-13-17(14-10-6-2,15-11-7-3)16-12-8-4;3-1(4)2(5)6/h5-16H2,1-4H3;/q+1;. The van der Waals surface area contributed by atoms with Gasteiger partial charge in [0.05, 0.1) is 26.2 Å². The molecule has 0 unspecified atom stereocenters. The molecule has 0 fully saturated rings. The normalized spacial score (nSPS) is 11.0. The van der Waals surface area contributed by atoms with Crippen molar-refractivity contribution in [2.75, 3.05) is 26.2 Å². The predicted octanol–water partition coefficient (Wildman–Crippen LogP) is 8.07. The van der Waals surface area contributed by atoms with Gasteiger partial charge in [-0.15, -0.1) is 0 Å². The molecule has 0 amide bonds. The number of hydrogen-bond acceptors (Lipinski definition) is 0. The summed E-state index contributed by atoms with van der Waals surface area (Å²) in [6.45, 7) is 15.0. The van der Waals surface area contributed by atoms with Gasteiger partial charge in [0, 0.05) is 0 Å². The van der Waals surface area contributed by atoms with Crippen molar-refractivity contribution in [1.29, 1.82) is 0 Å². The summed E-state index contributed by atoms with van der Waals surface area (Å²) >= 11 is 20.0. The minimum Gasteiger partial charge on any atom is -0.324 e. The van der Waals surface area contributed by atoms with E-state index in [0.29, 0.717) is 0 Å². The second-order valence-electron chi connectivity index (χ2n) is 6.17. The van der Waals surface area contributed by atoms with Gasteiger partial charge in [0.2, 0.25) is 0 Å². The van der Waals surface area contributed by atoms with Crippen LogP contribution in [0.1, 0.15) is 79.1 Å². The predicted molar refractivity (Wildman–Crippen MR) is 110 cm³/mol. The zero-order valence-electron chi connectivity index (χ0n) is 15.4. The van der Waals surface area contributed by atoms with E-state index in [1.165, 1.54) is 82.0 Å². The molecule has 0 radical (unpaired) electrons. The van der Waals surface area contributed by atoms with Gasteiger partial charge in [-0.05, 0) is 25.7 Å². The summed E-state index contributed by atoms with van der Waals surface area (Å²) in [6.07, 6.45) is 11.1. The van der Waals surface area contributed by atoms with Crippen LogP contribution in [0, 0.1) is 0 Å². The molecule has 0 aromatic heterocycles. The maximum atomic E-state index is 4.99. The average molecular weight is 408 g/mol. The van der Waals surface area contributed by atoms with Crippen LogP contribution < -0.4 is 0 Å². The van der Waals surface area contributed by atoms with Gasteiger partial charge < -0.3 is 4.48 Å². The van der Waals surface area contributed by atoms with Gasteiger partial charge in [-0.3, -0.25) is 0 Å². The summed E-state index contributed by atoms with van der Waals surface area (Å²) in [7, 11) is 0. The van der Waals surface area contributed by atoms with Gasteiger partial charge in [-0.25, -0.2) is 0 Å². The van der Waals surface area contributed by atoms with Crippen molar-refractivity contribution >= 4 is 46.4 Å². The molecule has 0 bridgehead atoms. The molecule has 5 heteroatoms. The topological polar surface area (TPSA) is 0 Å². The Morgan fingerprint density at radius 2 is 0.739 bits per heavy atom. The second-order valence-corrected chi connectivity index (χ2v) is 8.07. The molecule has 0 aliphatic heterocycles. The van der Waals surface area contributed by atoms with Crippen molar-refractivity contribution < 1.29 is 4.48 Å². The fourth-order valence-corrected chi connectivity index (χ4v) is 2.64. The number of rotatable bonds is 12. The summed E-state index contributed by atoms with van der Waals surface area (Å²) in [4.78, 5) is 0. The SMILES string of the molecule is CCCC[N+](CCCC)(CCCC)CCCC.ClC(Cl)=C(Cl)Cl. The highest BCUT2D eigenvalue weighted by molar-refractivity contribution is 6.67. The third-order valence-corrected chi connectivity index (χ3v) is 5.23. The molecular weight excluding hydrogens is 372 g/mol. The lowest BCUT2D eigenvalue weighted by atomic mass is 10.1. The van der Waals surface area contributed by atoms with E-state index in [1.54, 1.807) is 0 Å². The second kappa shape index (κ2) is 17.7. The van der Waals surface area contributed by atoms with Crippen LogP contribution in [0.15, 0.2) is 8.98 Å². The molecule has 0 N–H and O–H groups in total. The van der Waals surface area contributed by atoms with Crippen molar-refractivity contribution in [1.82, 2.24) is 0 Å². The number of halogens is 4. The summed E-state index contributed by atoms with van der Waals surface area (Å²) in [5, 5.41) is 0. The number of unbranched alkanes of at least 4 members (excludes halogenated alkanes) is 4. The van der Waals surface area contributed by atoms with Crippen molar-refractivity contribution in [3.05, 3.63) is 8.98 Å². The Labute approximate surface area is 164 Å². The van der Waals surface area contributed by atoms with E-state index in [-0.39, 0.29) is 8.98 Å². The largest absolute Gasteiger partial charge is 0.324 e. The molecular formula is C18H36Cl4N+. The van der Waals surface area contributed by atoms with Gasteiger partial charge in [0.25, 0.3) is 0 Å². The monoisotopic (exact) mass is 406 g/mol. The molecule has 0 rings (SSSR count). The Morgan fingerprint density at radius 3 is 0.870 bits per heavy atom. The van der Waals surface area contributed by atoms with Crippen molar-refractivity contribution in [2.24, 2.45) is 0 Å². The molecule has 0 saturated heterocycles. The van der Waals surface area contributed by atoms with Crippen molar-refractivity contribution in [2.45, 2.75) is 79.1 Å². The van der Waals surface area contributed by atoms with Crippen LogP contribution in [-0.2, 0) is 0 Å². The van der Waals surface area contributed by atoms with Gasteiger partial charge in [0.15, 0.2) is 0 Å². The third-order valence-electron chi connectivity index (χ3n) is 4.09. The van der Waals surface area contributed by atoms with Crippen LogP contribution in [-0.4, -0.2) is 30.7 Å². The lowest BCUT2D eigenvalue weighted by molar-refractivity contribution is -0.929. The van der Waals surface area contributed by atoms with E-state index in [9.17, 15) is 0 Å². The summed E-state index contributed by atoms with van der Waals surface area (Å²) in [5.74, 6) is 0. The first kappa shape index (κ1) is 26.1. The first-order valence-electron chi connectivity index (χ1n) is 9.10. The highest BCUT2D eigenvalue weighted by Crippen LogP contribution is 2.20. The Hall–Kier alpha value is 0.860. The maximum absolute atomic E-state index is 4.99. The van der Waals surface area contributed by atoms with E-state index in [4.69, 9.17) is 46.4 Å². The fourth-order valence-electron chi connectivity index (χ4n) is 2.64. The van der Waals surface area contributed by atoms with Crippen LogP contribution in [0.2, 0.25) is 0 Å². The van der Waals surface area contributed by atoms with E-state index >= 15 is 0 Å². The zero-order valence-corrected chi connectivity index (χ0v) is 18.5. The molecule has 23 heavy (non-hydrogen) atoms. The Bertz CT molecular complexity index is 237. The summed E-state index contributed by atoms with van der Waals surface area (Å²) in [6, 6.07) is 0. The van der Waals surface area contributed by atoms with Crippen LogP contribution in [0.4, 0.5) is 0 Å². The van der Waals surface area contributed by atoms with E-state index in [1.807, 2.05) is 0 Å². The lowest BCUT2D eigenvalue weighted by Gasteiger charge is -2.39. The maximum Gasteiger partial charge on any atom is 0.136 e. The Kier molecular flexibility index (Phi) is 20.1. The molecule has 0 heterocycles. The number of quaternary nitrogens is 1. The van der Waals surface area contributed by atoms with Gasteiger partial charge in [0.1, 0.15) is 8.98 Å². The Morgan fingerprint density at radius 1 is 0.522 bits per heavy atom.